The maximum atomic E-state index is 13.1. The van der Waals surface area contributed by atoms with E-state index in [4.69, 9.17) is 10.00 Å². The van der Waals surface area contributed by atoms with Crippen molar-refractivity contribution < 1.29 is 9.53 Å². The molecule has 3 aromatic carbocycles. The molecule has 0 radical (unpaired) electrons. The molecule has 7 nitrogen and oxygen atoms in total. The van der Waals surface area contributed by atoms with Gasteiger partial charge < -0.3 is 15.0 Å². The first-order valence-corrected chi connectivity index (χ1v) is 11.7. The molecule has 0 spiro atoms. The summed E-state index contributed by atoms with van der Waals surface area (Å²) >= 11 is 0. The third kappa shape index (κ3) is 5.07. The van der Waals surface area contributed by atoms with Crippen molar-refractivity contribution in [2.24, 2.45) is 5.92 Å². The second kappa shape index (κ2) is 10.2. The molecule has 1 saturated heterocycles. The van der Waals surface area contributed by atoms with Crippen LogP contribution in [-0.4, -0.2) is 29.0 Å². The number of nitriles is 1. The maximum Gasteiger partial charge on any atom is 0.227 e. The number of carbonyl (C=O) groups is 1. The molecule has 2 heterocycles. The molecule has 1 N–H and O–H groups in total. The number of rotatable bonds is 6. The van der Waals surface area contributed by atoms with Gasteiger partial charge in [-0.05, 0) is 54.8 Å². The van der Waals surface area contributed by atoms with Gasteiger partial charge in [-0.1, -0.05) is 36.4 Å². The molecule has 1 fully saturated rings. The minimum absolute atomic E-state index is 0.000256. The van der Waals surface area contributed by atoms with Crippen LogP contribution in [0.1, 0.15) is 24.0 Å². The number of amides is 1. The number of carbonyl (C=O) groups excluding carboxylic acids is 1. The number of fused-ring (bicyclic) bond motifs is 1. The maximum absolute atomic E-state index is 13.1. The molecule has 174 valence electrons. The molecule has 0 saturated carbocycles. The van der Waals surface area contributed by atoms with Crippen molar-refractivity contribution in [1.82, 2.24) is 9.97 Å². The highest BCUT2D eigenvalue weighted by Gasteiger charge is 2.27. The van der Waals surface area contributed by atoms with Crippen LogP contribution in [0.25, 0.3) is 10.9 Å². The van der Waals surface area contributed by atoms with Gasteiger partial charge in [-0.2, -0.15) is 5.26 Å². The summed E-state index contributed by atoms with van der Waals surface area (Å²) in [6.45, 7) is 1.83. The van der Waals surface area contributed by atoms with Gasteiger partial charge in [0.05, 0.1) is 22.8 Å². The summed E-state index contributed by atoms with van der Waals surface area (Å²) in [6, 6.07) is 24.9. The van der Waals surface area contributed by atoms with Crippen molar-refractivity contribution in [3.8, 4) is 11.8 Å². The Morgan fingerprint density at radius 2 is 1.83 bits per heavy atom. The highest BCUT2D eigenvalue weighted by molar-refractivity contribution is 5.94. The number of piperidine rings is 1. The zero-order valence-corrected chi connectivity index (χ0v) is 19.2. The molecule has 4 aromatic rings. The number of hydrogen-bond acceptors (Lipinski definition) is 6. The van der Waals surface area contributed by atoms with E-state index >= 15 is 0 Å². The number of nitrogens with zero attached hydrogens (tertiary/aromatic N) is 4. The summed E-state index contributed by atoms with van der Waals surface area (Å²) in [5, 5.41) is 13.2. The molecule has 0 atom stereocenters. The Balaban J connectivity index is 1.21. The fourth-order valence-corrected chi connectivity index (χ4v) is 4.42. The van der Waals surface area contributed by atoms with Crippen LogP contribution >= 0.6 is 0 Å². The molecule has 1 amide bonds. The Bertz CT molecular complexity index is 1380. The first kappa shape index (κ1) is 22.4. The van der Waals surface area contributed by atoms with Crippen LogP contribution in [0.15, 0.2) is 79.1 Å². The van der Waals surface area contributed by atoms with E-state index in [1.165, 1.54) is 0 Å². The van der Waals surface area contributed by atoms with Crippen LogP contribution in [0.2, 0.25) is 0 Å². The van der Waals surface area contributed by atoms with E-state index in [1.54, 1.807) is 18.5 Å². The summed E-state index contributed by atoms with van der Waals surface area (Å²) in [4.78, 5) is 24.2. The molecule has 1 aromatic heterocycles. The number of ether oxygens (including phenoxy) is 1. The number of para-hydroxylation sites is 3. The predicted octanol–water partition coefficient (Wildman–Crippen LogP) is 4.94. The molecule has 1 aliphatic rings. The fraction of sp³-hybridized carbons (Fsp3) is 0.214. The topological polar surface area (TPSA) is 91.1 Å². The SMILES string of the molecule is N#Cc1cccc(COc2ccccc2NC(=O)C2CCN(c3ncnc4ccccc34)CC2)c1. The third-order valence-electron chi connectivity index (χ3n) is 6.28. The van der Waals surface area contributed by atoms with E-state index < -0.39 is 0 Å². The van der Waals surface area contributed by atoms with Gasteiger partial charge in [-0.15, -0.1) is 0 Å². The van der Waals surface area contributed by atoms with Crippen LogP contribution in [0.4, 0.5) is 11.5 Å². The highest BCUT2D eigenvalue weighted by Crippen LogP contribution is 2.30. The first-order chi connectivity index (χ1) is 17.2. The summed E-state index contributed by atoms with van der Waals surface area (Å²) in [5.41, 5.74) is 3.07. The molecule has 0 unspecified atom stereocenters. The Hall–Kier alpha value is -4.44. The molecule has 1 aliphatic heterocycles. The van der Waals surface area contributed by atoms with Crippen LogP contribution in [0.5, 0.6) is 5.75 Å². The number of hydrogen-bond donors (Lipinski definition) is 1. The normalized spacial score (nSPS) is 13.9. The summed E-state index contributed by atoms with van der Waals surface area (Å²) < 4.78 is 5.98. The molecule has 35 heavy (non-hydrogen) atoms. The predicted molar refractivity (Wildman–Crippen MR) is 135 cm³/mol. The summed E-state index contributed by atoms with van der Waals surface area (Å²) in [5.74, 6) is 1.45. The zero-order valence-electron chi connectivity index (χ0n) is 19.2. The van der Waals surface area contributed by atoms with Crippen molar-refractivity contribution >= 4 is 28.3 Å². The van der Waals surface area contributed by atoms with Crippen LogP contribution in [0.3, 0.4) is 0 Å². The lowest BCUT2D eigenvalue weighted by Crippen LogP contribution is -2.38. The molecule has 7 heteroatoms. The van der Waals surface area contributed by atoms with Crippen molar-refractivity contribution in [1.29, 1.82) is 5.26 Å². The Morgan fingerprint density at radius 3 is 2.69 bits per heavy atom. The lowest BCUT2D eigenvalue weighted by molar-refractivity contribution is -0.120. The van der Waals surface area contributed by atoms with Gasteiger partial charge >= 0.3 is 0 Å². The average Bonchev–Trinajstić information content (AvgIpc) is 2.92. The first-order valence-electron chi connectivity index (χ1n) is 11.7. The van der Waals surface area contributed by atoms with E-state index in [9.17, 15) is 4.79 Å². The van der Waals surface area contributed by atoms with Gasteiger partial charge in [0, 0.05) is 24.4 Å². The van der Waals surface area contributed by atoms with E-state index in [2.05, 4.69) is 26.3 Å². The quantitative estimate of drug-likeness (QED) is 0.436. The molecular weight excluding hydrogens is 438 g/mol. The monoisotopic (exact) mass is 463 g/mol. The van der Waals surface area contributed by atoms with E-state index in [1.807, 2.05) is 60.7 Å². The van der Waals surface area contributed by atoms with Gasteiger partial charge in [0.25, 0.3) is 0 Å². The molecule has 0 aliphatic carbocycles. The van der Waals surface area contributed by atoms with Crippen molar-refractivity contribution in [2.75, 3.05) is 23.3 Å². The third-order valence-corrected chi connectivity index (χ3v) is 6.28. The summed E-state index contributed by atoms with van der Waals surface area (Å²) in [7, 11) is 0. The van der Waals surface area contributed by atoms with Crippen LogP contribution < -0.4 is 15.0 Å². The standard InChI is InChI=1S/C28H25N5O2/c29-17-20-6-5-7-21(16-20)18-35-26-11-4-3-10-25(26)32-28(34)22-12-14-33(15-13-22)27-23-8-1-2-9-24(23)30-19-31-27/h1-11,16,19,22H,12-15,18H2,(H,32,34). The van der Waals surface area contributed by atoms with E-state index in [0.717, 1.165) is 48.2 Å². The van der Waals surface area contributed by atoms with Gasteiger partial charge in [0.2, 0.25) is 5.91 Å². The van der Waals surface area contributed by atoms with E-state index in [-0.39, 0.29) is 11.8 Å². The molecule has 0 bridgehead atoms. The fourth-order valence-electron chi connectivity index (χ4n) is 4.42. The highest BCUT2D eigenvalue weighted by atomic mass is 16.5. The number of nitrogens with one attached hydrogen (secondary N) is 1. The van der Waals surface area contributed by atoms with Crippen LogP contribution in [0, 0.1) is 17.2 Å². The second-order valence-electron chi connectivity index (χ2n) is 8.56. The van der Waals surface area contributed by atoms with Crippen molar-refractivity contribution in [3.05, 3.63) is 90.3 Å². The molecule has 5 rings (SSSR count). The van der Waals surface area contributed by atoms with Crippen LogP contribution in [-0.2, 0) is 11.4 Å². The second-order valence-corrected chi connectivity index (χ2v) is 8.56. The minimum atomic E-state index is -0.0836. The number of anilines is 2. The number of benzene rings is 3. The van der Waals surface area contributed by atoms with Gasteiger partial charge in [0.15, 0.2) is 0 Å². The Labute approximate surface area is 204 Å². The lowest BCUT2D eigenvalue weighted by Gasteiger charge is -2.32. The van der Waals surface area contributed by atoms with Crippen molar-refractivity contribution in [3.63, 3.8) is 0 Å². The Kier molecular flexibility index (Phi) is 6.53. The Morgan fingerprint density at radius 1 is 1.03 bits per heavy atom. The smallest absolute Gasteiger partial charge is 0.227 e. The van der Waals surface area contributed by atoms with Crippen molar-refractivity contribution in [2.45, 2.75) is 19.4 Å². The summed E-state index contributed by atoms with van der Waals surface area (Å²) in [6.07, 6.45) is 3.09. The minimum Gasteiger partial charge on any atom is -0.487 e. The zero-order chi connectivity index (χ0) is 24.0. The van der Waals surface area contributed by atoms with Gasteiger partial charge in [-0.3, -0.25) is 4.79 Å². The number of aromatic nitrogens is 2. The van der Waals surface area contributed by atoms with Gasteiger partial charge in [0.1, 0.15) is 24.5 Å². The average molecular weight is 464 g/mol. The van der Waals surface area contributed by atoms with Gasteiger partial charge in [-0.25, -0.2) is 9.97 Å². The van der Waals surface area contributed by atoms with E-state index in [0.29, 0.717) is 23.6 Å². The largest absolute Gasteiger partial charge is 0.487 e. The lowest BCUT2D eigenvalue weighted by atomic mass is 9.95. The molecular formula is C28H25N5O2.